The number of carbonyl (C=O) groups is 2. The summed E-state index contributed by atoms with van der Waals surface area (Å²) in [5.41, 5.74) is 1.76. The number of methoxy groups -OCH3 is 2. The molecule has 2 aliphatic heterocycles. The highest BCUT2D eigenvalue weighted by Gasteiger charge is 2.23. The fourth-order valence-corrected chi connectivity index (χ4v) is 4.88. The quantitative estimate of drug-likeness (QED) is 0.497. The summed E-state index contributed by atoms with van der Waals surface area (Å²) in [6, 6.07) is 13.7. The minimum absolute atomic E-state index is 0.00908. The Balaban J connectivity index is 1.19. The third kappa shape index (κ3) is 7.60. The number of amides is 2. The van der Waals surface area contributed by atoms with E-state index in [1.807, 2.05) is 17.0 Å². The Bertz CT molecular complexity index is 1050. The molecule has 0 unspecified atom stereocenters. The van der Waals surface area contributed by atoms with Crippen molar-refractivity contribution in [3.05, 3.63) is 53.6 Å². The average molecular weight is 511 g/mol. The van der Waals surface area contributed by atoms with Gasteiger partial charge in [-0.05, 0) is 43.3 Å². The fourth-order valence-electron chi connectivity index (χ4n) is 4.88. The molecule has 4 rings (SSSR count). The smallest absolute Gasteiger partial charge is 0.254 e. The first-order valence-electron chi connectivity index (χ1n) is 12.9. The molecule has 0 aliphatic carbocycles. The number of nitrogens with zero attached hydrogens (tertiary/aromatic N) is 3. The van der Waals surface area contributed by atoms with Gasteiger partial charge in [-0.15, -0.1) is 0 Å². The maximum atomic E-state index is 13.0. The van der Waals surface area contributed by atoms with Crippen LogP contribution in [0.25, 0.3) is 0 Å². The molecule has 2 heterocycles. The largest absolute Gasteiger partial charge is 0.497 e. The lowest BCUT2D eigenvalue weighted by molar-refractivity contribution is -0.119. The van der Waals surface area contributed by atoms with Crippen LogP contribution in [0.4, 0.5) is 0 Å². The van der Waals surface area contributed by atoms with Crippen LogP contribution in [-0.2, 0) is 11.3 Å². The van der Waals surface area contributed by atoms with Gasteiger partial charge in [0.25, 0.3) is 5.91 Å². The Morgan fingerprint density at radius 1 is 1.03 bits per heavy atom. The summed E-state index contributed by atoms with van der Waals surface area (Å²) in [5, 5.41) is 3.03. The highest BCUT2D eigenvalue weighted by Crippen LogP contribution is 2.24. The minimum atomic E-state index is -0.00908. The topological polar surface area (TPSA) is 83.6 Å². The van der Waals surface area contributed by atoms with Crippen molar-refractivity contribution in [1.29, 1.82) is 0 Å². The second-order valence-corrected chi connectivity index (χ2v) is 9.73. The number of rotatable bonds is 11. The Morgan fingerprint density at radius 3 is 2.41 bits per heavy atom. The molecule has 2 aromatic carbocycles. The van der Waals surface area contributed by atoms with Crippen molar-refractivity contribution in [1.82, 2.24) is 20.0 Å². The van der Waals surface area contributed by atoms with Crippen LogP contribution in [-0.4, -0.2) is 99.7 Å². The van der Waals surface area contributed by atoms with E-state index in [2.05, 4.69) is 34.3 Å². The van der Waals surface area contributed by atoms with Gasteiger partial charge in [0, 0.05) is 69.9 Å². The standard InChI is InChI=1S/C28H38N4O5/c1-30(20-23-7-8-27(33)29-23)19-21-5-4-6-24(15-21)37-14-13-31-9-11-32(12-10-31)28(34)22-16-25(35-2)18-26(17-22)36-3/h4-6,15-18,23H,7-14,19-20H2,1-3H3,(H,29,33)/t23-/m1/s1. The van der Waals surface area contributed by atoms with Gasteiger partial charge in [-0.25, -0.2) is 0 Å². The molecule has 1 N–H and O–H groups in total. The lowest BCUT2D eigenvalue weighted by atomic mass is 10.1. The van der Waals surface area contributed by atoms with Gasteiger partial charge in [0.1, 0.15) is 23.9 Å². The molecule has 0 bridgehead atoms. The number of nitrogens with one attached hydrogen (secondary N) is 1. The van der Waals surface area contributed by atoms with Crippen molar-refractivity contribution in [3.8, 4) is 17.2 Å². The summed E-state index contributed by atoms with van der Waals surface area (Å²) in [5.74, 6) is 2.22. The van der Waals surface area contributed by atoms with Crippen molar-refractivity contribution < 1.29 is 23.8 Å². The number of likely N-dealkylation sites (N-methyl/N-ethyl adjacent to an activating group) is 1. The maximum Gasteiger partial charge on any atom is 0.254 e. The molecular formula is C28H38N4O5. The van der Waals surface area contributed by atoms with Crippen molar-refractivity contribution in [3.63, 3.8) is 0 Å². The summed E-state index contributed by atoms with van der Waals surface area (Å²) in [6.45, 7) is 5.99. The summed E-state index contributed by atoms with van der Waals surface area (Å²) >= 11 is 0. The first-order chi connectivity index (χ1) is 17.9. The van der Waals surface area contributed by atoms with E-state index in [0.29, 0.717) is 43.2 Å². The van der Waals surface area contributed by atoms with Crippen LogP contribution in [0.2, 0.25) is 0 Å². The number of hydrogen-bond acceptors (Lipinski definition) is 7. The molecule has 0 spiro atoms. The Kier molecular flexibility index (Phi) is 9.24. The van der Waals surface area contributed by atoms with Gasteiger partial charge in [0.05, 0.1) is 14.2 Å². The molecule has 0 saturated carbocycles. The Hall–Kier alpha value is -3.30. The molecule has 0 aromatic heterocycles. The van der Waals surface area contributed by atoms with Gasteiger partial charge in [0.2, 0.25) is 5.91 Å². The molecule has 2 saturated heterocycles. The van der Waals surface area contributed by atoms with Crippen molar-refractivity contribution in [2.45, 2.75) is 25.4 Å². The SMILES string of the molecule is COc1cc(OC)cc(C(=O)N2CCN(CCOc3cccc(CN(C)C[C@H]4CCC(=O)N4)c3)CC2)c1. The summed E-state index contributed by atoms with van der Waals surface area (Å²) in [6.07, 6.45) is 1.54. The van der Waals surface area contributed by atoms with E-state index >= 15 is 0 Å². The number of ether oxygens (including phenoxy) is 3. The van der Waals surface area contributed by atoms with E-state index in [9.17, 15) is 9.59 Å². The number of hydrogen-bond donors (Lipinski definition) is 1. The highest BCUT2D eigenvalue weighted by molar-refractivity contribution is 5.95. The van der Waals surface area contributed by atoms with E-state index in [4.69, 9.17) is 14.2 Å². The van der Waals surface area contributed by atoms with Crippen LogP contribution in [0.3, 0.4) is 0 Å². The van der Waals surface area contributed by atoms with E-state index in [0.717, 1.165) is 44.9 Å². The molecule has 37 heavy (non-hydrogen) atoms. The molecule has 2 aromatic rings. The fraction of sp³-hybridized carbons (Fsp3) is 0.500. The third-order valence-electron chi connectivity index (χ3n) is 6.90. The zero-order valence-corrected chi connectivity index (χ0v) is 22.1. The second-order valence-electron chi connectivity index (χ2n) is 9.73. The molecule has 0 radical (unpaired) electrons. The van der Waals surface area contributed by atoms with Crippen molar-refractivity contribution >= 4 is 11.8 Å². The zero-order valence-electron chi connectivity index (χ0n) is 22.1. The normalized spacial score (nSPS) is 18.1. The third-order valence-corrected chi connectivity index (χ3v) is 6.90. The van der Waals surface area contributed by atoms with Crippen LogP contribution >= 0.6 is 0 Å². The summed E-state index contributed by atoms with van der Waals surface area (Å²) in [4.78, 5) is 30.9. The Morgan fingerprint density at radius 2 is 1.76 bits per heavy atom. The number of benzene rings is 2. The molecule has 1 atom stereocenters. The Labute approximate surface area is 219 Å². The van der Waals surface area contributed by atoms with Crippen LogP contribution in [0.1, 0.15) is 28.8 Å². The number of carbonyl (C=O) groups excluding carboxylic acids is 2. The van der Waals surface area contributed by atoms with Gasteiger partial charge in [-0.3, -0.25) is 14.5 Å². The van der Waals surface area contributed by atoms with E-state index in [1.54, 1.807) is 32.4 Å². The van der Waals surface area contributed by atoms with Crippen molar-refractivity contribution in [2.24, 2.45) is 0 Å². The van der Waals surface area contributed by atoms with Gasteiger partial charge < -0.3 is 29.3 Å². The first kappa shape index (κ1) is 26.8. The van der Waals surface area contributed by atoms with Gasteiger partial charge in [0.15, 0.2) is 0 Å². The minimum Gasteiger partial charge on any atom is -0.497 e. The van der Waals surface area contributed by atoms with Gasteiger partial charge in [-0.2, -0.15) is 0 Å². The predicted octanol–water partition coefficient (Wildman–Crippen LogP) is 2.25. The van der Waals surface area contributed by atoms with E-state index in [1.165, 1.54) is 5.56 Å². The molecular weight excluding hydrogens is 472 g/mol. The van der Waals surface area contributed by atoms with Crippen molar-refractivity contribution in [2.75, 3.05) is 67.1 Å². The maximum absolute atomic E-state index is 13.0. The monoisotopic (exact) mass is 510 g/mol. The summed E-state index contributed by atoms with van der Waals surface area (Å²) < 4.78 is 16.6. The van der Waals surface area contributed by atoms with Gasteiger partial charge in [-0.1, -0.05) is 12.1 Å². The average Bonchev–Trinajstić information content (AvgIpc) is 3.32. The highest BCUT2D eigenvalue weighted by atomic mass is 16.5. The van der Waals surface area contributed by atoms with Gasteiger partial charge >= 0.3 is 0 Å². The van der Waals surface area contributed by atoms with Crippen LogP contribution in [0.5, 0.6) is 17.2 Å². The molecule has 2 fully saturated rings. The van der Waals surface area contributed by atoms with Crippen LogP contribution in [0, 0.1) is 0 Å². The number of piperazine rings is 1. The molecule has 9 nitrogen and oxygen atoms in total. The van der Waals surface area contributed by atoms with Crippen LogP contribution < -0.4 is 19.5 Å². The lowest BCUT2D eigenvalue weighted by Crippen LogP contribution is -2.49. The first-order valence-corrected chi connectivity index (χ1v) is 12.9. The van der Waals surface area contributed by atoms with E-state index in [-0.39, 0.29) is 17.9 Å². The molecule has 2 aliphatic rings. The molecule has 9 heteroatoms. The molecule has 200 valence electrons. The second kappa shape index (κ2) is 12.8. The molecule has 2 amide bonds. The zero-order chi connectivity index (χ0) is 26.2. The van der Waals surface area contributed by atoms with Crippen LogP contribution in [0.15, 0.2) is 42.5 Å². The predicted molar refractivity (Wildman–Crippen MR) is 141 cm³/mol. The summed E-state index contributed by atoms with van der Waals surface area (Å²) in [7, 11) is 5.24. The lowest BCUT2D eigenvalue weighted by Gasteiger charge is -2.34. The van der Waals surface area contributed by atoms with E-state index < -0.39 is 0 Å².